The maximum atomic E-state index is 11.0. The number of Topliss-reactive ketones (excluding diaryl/α,β-unsaturated/α-hetero) is 1. The molecular weight excluding hydrogens is 242 g/mol. The van der Waals surface area contributed by atoms with Crippen molar-refractivity contribution in [1.29, 1.82) is 0 Å². The molecule has 0 aromatic carbocycles. The maximum Gasteiger partial charge on any atom is 0.150 e. The summed E-state index contributed by atoms with van der Waals surface area (Å²) in [5.74, 6) is 1.48. The molecule has 0 unspecified atom stereocenters. The lowest BCUT2D eigenvalue weighted by Gasteiger charge is -2.22. The maximum absolute atomic E-state index is 11.0. The van der Waals surface area contributed by atoms with Crippen molar-refractivity contribution in [1.82, 2.24) is 10.2 Å². The Balaban J connectivity index is 1.95. The molecule has 1 aromatic rings. The molecule has 0 N–H and O–H groups in total. The largest absolute Gasteiger partial charge is 0.381 e. The van der Waals surface area contributed by atoms with Crippen molar-refractivity contribution in [2.45, 2.75) is 32.1 Å². The van der Waals surface area contributed by atoms with Gasteiger partial charge in [0.2, 0.25) is 0 Å². The lowest BCUT2D eigenvalue weighted by Crippen LogP contribution is -2.22. The predicted molar refractivity (Wildman–Crippen MR) is 73.4 cm³/mol. The van der Waals surface area contributed by atoms with Gasteiger partial charge in [-0.1, -0.05) is 0 Å². The van der Waals surface area contributed by atoms with Crippen molar-refractivity contribution in [2.24, 2.45) is 0 Å². The molecule has 1 aromatic heterocycles. The number of carbonyl (C=O) groups is 1. The van der Waals surface area contributed by atoms with Crippen LogP contribution < -0.4 is 4.90 Å². The van der Waals surface area contributed by atoms with Crippen LogP contribution in [-0.4, -0.2) is 42.8 Å². The lowest BCUT2D eigenvalue weighted by atomic mass is 9.96. The van der Waals surface area contributed by atoms with Gasteiger partial charge in [-0.3, -0.25) is 4.79 Å². The summed E-state index contributed by atoms with van der Waals surface area (Å²) in [7, 11) is 1.93. The minimum atomic E-state index is 0.193. The quantitative estimate of drug-likeness (QED) is 0.810. The predicted octanol–water partition coefficient (Wildman–Crippen LogP) is 1.79. The van der Waals surface area contributed by atoms with Gasteiger partial charge < -0.3 is 9.64 Å². The Morgan fingerprint density at radius 1 is 1.37 bits per heavy atom. The number of carbonyl (C=O) groups excluding carboxylic acids is 1. The third-order valence-corrected chi connectivity index (χ3v) is 3.50. The molecule has 0 amide bonds. The first-order valence-electron chi connectivity index (χ1n) is 6.79. The average molecular weight is 263 g/mol. The van der Waals surface area contributed by atoms with Crippen molar-refractivity contribution < 1.29 is 9.53 Å². The molecule has 1 saturated heterocycles. The Labute approximate surface area is 114 Å². The van der Waals surface area contributed by atoms with E-state index >= 15 is 0 Å². The van der Waals surface area contributed by atoms with Gasteiger partial charge in [-0.05, 0) is 31.9 Å². The van der Waals surface area contributed by atoms with Crippen LogP contribution in [0.2, 0.25) is 0 Å². The fourth-order valence-corrected chi connectivity index (χ4v) is 2.19. The highest BCUT2D eigenvalue weighted by Gasteiger charge is 2.17. The molecule has 0 atom stereocenters. The number of hydrogen-bond donors (Lipinski definition) is 0. The smallest absolute Gasteiger partial charge is 0.150 e. The first-order chi connectivity index (χ1) is 9.16. The normalized spacial score (nSPS) is 16.3. The molecule has 1 aliphatic rings. The van der Waals surface area contributed by atoms with Crippen LogP contribution in [-0.2, 0) is 9.53 Å². The molecule has 5 nitrogen and oxygen atoms in total. The third kappa shape index (κ3) is 3.99. The van der Waals surface area contributed by atoms with Gasteiger partial charge in [0, 0.05) is 39.1 Å². The first kappa shape index (κ1) is 13.9. The van der Waals surface area contributed by atoms with E-state index in [1.54, 1.807) is 6.92 Å². The van der Waals surface area contributed by atoms with E-state index in [2.05, 4.69) is 10.2 Å². The van der Waals surface area contributed by atoms with Crippen molar-refractivity contribution >= 4 is 11.6 Å². The summed E-state index contributed by atoms with van der Waals surface area (Å²) in [6.45, 7) is 3.91. The molecule has 19 heavy (non-hydrogen) atoms. The zero-order valence-electron chi connectivity index (χ0n) is 11.6. The van der Waals surface area contributed by atoms with E-state index < -0.39 is 0 Å². The molecule has 1 fully saturated rings. The minimum absolute atomic E-state index is 0.193. The van der Waals surface area contributed by atoms with E-state index in [-0.39, 0.29) is 5.78 Å². The Bertz CT molecular complexity index is 413. The van der Waals surface area contributed by atoms with Crippen LogP contribution in [0.4, 0.5) is 5.82 Å². The van der Waals surface area contributed by atoms with E-state index in [1.165, 1.54) is 0 Å². The van der Waals surface area contributed by atoms with Gasteiger partial charge in [-0.15, -0.1) is 5.10 Å². The van der Waals surface area contributed by atoms with E-state index in [4.69, 9.17) is 4.74 Å². The molecule has 1 aliphatic heterocycles. The van der Waals surface area contributed by atoms with Gasteiger partial charge >= 0.3 is 0 Å². The number of rotatable bonds is 5. The van der Waals surface area contributed by atoms with Gasteiger partial charge in [0.05, 0.1) is 5.69 Å². The Kier molecular flexibility index (Phi) is 4.85. The monoisotopic (exact) mass is 263 g/mol. The van der Waals surface area contributed by atoms with E-state index in [0.29, 0.717) is 18.9 Å². The summed E-state index contributed by atoms with van der Waals surface area (Å²) >= 11 is 0. The number of hydrogen-bond acceptors (Lipinski definition) is 5. The topological polar surface area (TPSA) is 55.3 Å². The molecule has 0 bridgehead atoms. The molecule has 5 heteroatoms. The summed E-state index contributed by atoms with van der Waals surface area (Å²) < 4.78 is 5.35. The molecular formula is C14H21N3O2. The number of anilines is 1. The SMILES string of the molecule is CC(=O)CCN(C)c1ccc(C2CCOCC2)nn1. The lowest BCUT2D eigenvalue weighted by molar-refractivity contribution is -0.116. The highest BCUT2D eigenvalue weighted by atomic mass is 16.5. The molecule has 0 saturated carbocycles. The number of aromatic nitrogens is 2. The van der Waals surface area contributed by atoms with Gasteiger partial charge in [0.15, 0.2) is 5.82 Å². The second-order valence-electron chi connectivity index (χ2n) is 5.08. The number of ether oxygens (including phenoxy) is 1. The van der Waals surface area contributed by atoms with E-state index in [9.17, 15) is 4.79 Å². The highest BCUT2D eigenvalue weighted by molar-refractivity contribution is 5.76. The van der Waals surface area contributed by atoms with E-state index in [1.807, 2.05) is 24.1 Å². The Hall–Kier alpha value is -1.49. The van der Waals surface area contributed by atoms with Crippen LogP contribution in [0.5, 0.6) is 0 Å². The van der Waals surface area contributed by atoms with E-state index in [0.717, 1.165) is 37.6 Å². The third-order valence-electron chi connectivity index (χ3n) is 3.50. The summed E-state index contributed by atoms with van der Waals surface area (Å²) in [6.07, 6.45) is 2.59. The van der Waals surface area contributed by atoms with Gasteiger partial charge in [0.1, 0.15) is 5.78 Å². The van der Waals surface area contributed by atoms with Crippen LogP contribution in [0.3, 0.4) is 0 Å². The van der Waals surface area contributed by atoms with Gasteiger partial charge in [-0.2, -0.15) is 5.10 Å². The minimum Gasteiger partial charge on any atom is -0.381 e. The molecule has 2 rings (SSSR count). The van der Waals surface area contributed by atoms with Gasteiger partial charge in [0.25, 0.3) is 0 Å². The van der Waals surface area contributed by atoms with Crippen LogP contribution in [0.25, 0.3) is 0 Å². The standard InChI is InChI=1S/C14H21N3O2/c1-11(18)5-8-17(2)14-4-3-13(15-16-14)12-6-9-19-10-7-12/h3-4,12H,5-10H2,1-2H3. The van der Waals surface area contributed by atoms with Crippen LogP contribution in [0.1, 0.15) is 37.8 Å². The summed E-state index contributed by atoms with van der Waals surface area (Å²) in [6, 6.07) is 4.03. The van der Waals surface area contributed by atoms with Crippen LogP contribution in [0.15, 0.2) is 12.1 Å². The molecule has 0 aliphatic carbocycles. The summed E-state index contributed by atoms with van der Waals surface area (Å²) in [5, 5.41) is 8.57. The van der Waals surface area contributed by atoms with Crippen molar-refractivity contribution in [3.8, 4) is 0 Å². The van der Waals surface area contributed by atoms with Crippen LogP contribution in [0, 0.1) is 0 Å². The average Bonchev–Trinajstić information content (AvgIpc) is 2.46. The zero-order chi connectivity index (χ0) is 13.7. The van der Waals surface area contributed by atoms with Crippen LogP contribution >= 0.6 is 0 Å². The van der Waals surface area contributed by atoms with Crippen molar-refractivity contribution in [3.05, 3.63) is 17.8 Å². The second-order valence-corrected chi connectivity index (χ2v) is 5.08. The molecule has 104 valence electrons. The highest BCUT2D eigenvalue weighted by Crippen LogP contribution is 2.25. The van der Waals surface area contributed by atoms with Gasteiger partial charge in [-0.25, -0.2) is 0 Å². The Morgan fingerprint density at radius 3 is 2.68 bits per heavy atom. The fraction of sp³-hybridized carbons (Fsp3) is 0.643. The molecule has 0 spiro atoms. The molecule has 2 heterocycles. The number of ketones is 1. The summed E-state index contributed by atoms with van der Waals surface area (Å²) in [4.78, 5) is 12.9. The fourth-order valence-electron chi connectivity index (χ4n) is 2.19. The number of nitrogens with zero attached hydrogens (tertiary/aromatic N) is 3. The second kappa shape index (κ2) is 6.61. The van der Waals surface area contributed by atoms with Crippen molar-refractivity contribution in [2.75, 3.05) is 31.7 Å². The Morgan fingerprint density at radius 2 is 2.11 bits per heavy atom. The zero-order valence-corrected chi connectivity index (χ0v) is 11.6. The van der Waals surface area contributed by atoms with Crippen molar-refractivity contribution in [3.63, 3.8) is 0 Å². The first-order valence-corrected chi connectivity index (χ1v) is 6.79. The summed E-state index contributed by atoms with van der Waals surface area (Å²) in [5.41, 5.74) is 1.05. The molecule has 0 radical (unpaired) electrons.